The number of aryl methyl sites for hydroxylation is 1. The van der Waals surface area contributed by atoms with Crippen molar-refractivity contribution in [2.45, 2.75) is 26.4 Å². The molecule has 1 heterocycles. The number of nitrogens with one attached hydrogen (secondary N) is 1. The number of hydrogen-bond acceptors (Lipinski definition) is 2. The summed E-state index contributed by atoms with van der Waals surface area (Å²) >= 11 is 5.85. The van der Waals surface area contributed by atoms with Crippen molar-refractivity contribution >= 4 is 11.6 Å². The molecule has 4 heteroatoms. The van der Waals surface area contributed by atoms with Crippen molar-refractivity contribution in [3.63, 3.8) is 0 Å². The van der Waals surface area contributed by atoms with Gasteiger partial charge in [0.05, 0.1) is 0 Å². The van der Waals surface area contributed by atoms with Gasteiger partial charge < -0.3 is 10.4 Å². The van der Waals surface area contributed by atoms with Crippen LogP contribution in [0.2, 0.25) is 5.02 Å². The zero-order chi connectivity index (χ0) is 13.5. The van der Waals surface area contributed by atoms with Gasteiger partial charge in [-0.15, -0.1) is 0 Å². The van der Waals surface area contributed by atoms with Crippen LogP contribution in [0.1, 0.15) is 25.0 Å². The highest BCUT2D eigenvalue weighted by Gasteiger charge is 2.45. The van der Waals surface area contributed by atoms with Crippen molar-refractivity contribution in [2.75, 3.05) is 13.1 Å². The summed E-state index contributed by atoms with van der Waals surface area (Å²) in [4.78, 5) is 0. The molecule has 1 aliphatic heterocycles. The third-order valence-electron chi connectivity index (χ3n) is 4.06. The Morgan fingerprint density at radius 3 is 2.39 bits per heavy atom. The van der Waals surface area contributed by atoms with E-state index in [0.717, 1.165) is 0 Å². The van der Waals surface area contributed by atoms with E-state index in [-0.39, 0.29) is 11.8 Å². The van der Waals surface area contributed by atoms with Gasteiger partial charge in [-0.3, -0.25) is 0 Å². The average Bonchev–Trinajstić information content (AvgIpc) is 2.24. The Hall–Kier alpha value is -0.640. The van der Waals surface area contributed by atoms with Gasteiger partial charge in [0.25, 0.3) is 0 Å². The fourth-order valence-corrected chi connectivity index (χ4v) is 3.27. The molecule has 1 aromatic carbocycles. The van der Waals surface area contributed by atoms with Gasteiger partial charge in [-0.05, 0) is 24.6 Å². The van der Waals surface area contributed by atoms with E-state index in [0.29, 0.717) is 29.2 Å². The smallest absolute Gasteiger partial charge is 0.131 e. The molecule has 0 bridgehead atoms. The lowest BCUT2D eigenvalue weighted by Gasteiger charge is -2.44. The van der Waals surface area contributed by atoms with E-state index >= 15 is 0 Å². The first kappa shape index (κ1) is 13.8. The van der Waals surface area contributed by atoms with Gasteiger partial charge in [0.15, 0.2) is 0 Å². The van der Waals surface area contributed by atoms with E-state index in [9.17, 15) is 9.50 Å². The highest BCUT2D eigenvalue weighted by Crippen LogP contribution is 2.42. The highest BCUT2D eigenvalue weighted by molar-refractivity contribution is 6.30. The van der Waals surface area contributed by atoms with Crippen LogP contribution in [0.3, 0.4) is 0 Å². The quantitative estimate of drug-likeness (QED) is 0.823. The van der Waals surface area contributed by atoms with Crippen LogP contribution >= 0.6 is 11.6 Å². The molecule has 3 atom stereocenters. The lowest BCUT2D eigenvalue weighted by atomic mass is 9.70. The SMILES string of the molecule is Cc1cc(Cl)cc(F)c1[C@@]1(O)[C@H](C)CNC[C@@H]1C. The molecule has 2 nitrogen and oxygen atoms in total. The molecular weight excluding hydrogens is 253 g/mol. The first-order valence-electron chi connectivity index (χ1n) is 6.26. The summed E-state index contributed by atoms with van der Waals surface area (Å²) in [7, 11) is 0. The third kappa shape index (κ3) is 2.04. The normalized spacial score (nSPS) is 32.6. The minimum absolute atomic E-state index is 0.0457. The first-order valence-corrected chi connectivity index (χ1v) is 6.64. The number of benzene rings is 1. The Balaban J connectivity index is 2.58. The molecule has 2 N–H and O–H groups in total. The largest absolute Gasteiger partial charge is 0.384 e. The molecule has 1 aliphatic rings. The van der Waals surface area contributed by atoms with E-state index in [4.69, 9.17) is 11.6 Å². The Labute approximate surface area is 112 Å². The van der Waals surface area contributed by atoms with E-state index in [1.165, 1.54) is 6.07 Å². The minimum Gasteiger partial charge on any atom is -0.384 e. The van der Waals surface area contributed by atoms with Crippen LogP contribution < -0.4 is 5.32 Å². The van der Waals surface area contributed by atoms with E-state index in [1.54, 1.807) is 13.0 Å². The number of halogens is 2. The van der Waals surface area contributed by atoms with Crippen molar-refractivity contribution in [1.82, 2.24) is 5.32 Å². The summed E-state index contributed by atoms with van der Waals surface area (Å²) in [6.45, 7) is 7.04. The van der Waals surface area contributed by atoms with Crippen LogP contribution in [0.15, 0.2) is 12.1 Å². The summed E-state index contributed by atoms with van der Waals surface area (Å²) in [6, 6.07) is 2.99. The van der Waals surface area contributed by atoms with Gasteiger partial charge in [0, 0.05) is 35.5 Å². The van der Waals surface area contributed by atoms with Crippen molar-refractivity contribution < 1.29 is 9.50 Å². The summed E-state index contributed by atoms with van der Waals surface area (Å²) < 4.78 is 14.2. The van der Waals surface area contributed by atoms with Crippen LogP contribution in [0.5, 0.6) is 0 Å². The van der Waals surface area contributed by atoms with E-state index in [2.05, 4.69) is 5.32 Å². The summed E-state index contributed by atoms with van der Waals surface area (Å²) in [6.07, 6.45) is 0. The summed E-state index contributed by atoms with van der Waals surface area (Å²) in [5, 5.41) is 14.6. The topological polar surface area (TPSA) is 32.3 Å². The van der Waals surface area contributed by atoms with Crippen LogP contribution in [0.25, 0.3) is 0 Å². The molecule has 1 aromatic rings. The predicted molar refractivity (Wildman–Crippen MR) is 71.2 cm³/mol. The van der Waals surface area contributed by atoms with Gasteiger partial charge >= 0.3 is 0 Å². The van der Waals surface area contributed by atoms with Crippen molar-refractivity contribution in [2.24, 2.45) is 11.8 Å². The van der Waals surface area contributed by atoms with Gasteiger partial charge in [0.2, 0.25) is 0 Å². The second-order valence-electron chi connectivity index (χ2n) is 5.37. The van der Waals surface area contributed by atoms with Crippen LogP contribution in [0.4, 0.5) is 4.39 Å². The first-order chi connectivity index (χ1) is 8.37. The molecule has 1 saturated heterocycles. The number of piperidine rings is 1. The molecule has 0 saturated carbocycles. The van der Waals surface area contributed by atoms with Crippen molar-refractivity contribution in [3.8, 4) is 0 Å². The third-order valence-corrected chi connectivity index (χ3v) is 4.27. The summed E-state index contributed by atoms with van der Waals surface area (Å²) in [5.74, 6) is -0.505. The second kappa shape index (κ2) is 4.80. The van der Waals surface area contributed by atoms with Crippen LogP contribution in [0, 0.1) is 24.6 Å². The van der Waals surface area contributed by atoms with Crippen molar-refractivity contribution in [3.05, 3.63) is 34.1 Å². The zero-order valence-corrected chi connectivity index (χ0v) is 11.7. The highest BCUT2D eigenvalue weighted by atomic mass is 35.5. The predicted octanol–water partition coefficient (Wildman–Crippen LogP) is 2.85. The molecular formula is C14H19ClFNO. The molecule has 0 unspecified atom stereocenters. The maximum atomic E-state index is 14.2. The Morgan fingerprint density at radius 2 is 1.89 bits per heavy atom. The molecule has 0 aromatic heterocycles. The lowest BCUT2D eigenvalue weighted by molar-refractivity contribution is -0.0835. The van der Waals surface area contributed by atoms with Gasteiger partial charge in [-0.1, -0.05) is 25.4 Å². The monoisotopic (exact) mass is 271 g/mol. The summed E-state index contributed by atoms with van der Waals surface area (Å²) in [5.41, 5.74) is -0.0270. The maximum absolute atomic E-state index is 14.2. The average molecular weight is 272 g/mol. The van der Waals surface area contributed by atoms with E-state index in [1.807, 2.05) is 13.8 Å². The van der Waals surface area contributed by atoms with Crippen LogP contribution in [-0.4, -0.2) is 18.2 Å². The second-order valence-corrected chi connectivity index (χ2v) is 5.80. The molecule has 0 radical (unpaired) electrons. The van der Waals surface area contributed by atoms with Gasteiger partial charge in [-0.2, -0.15) is 0 Å². The number of rotatable bonds is 1. The Bertz CT molecular complexity index is 430. The van der Waals surface area contributed by atoms with Crippen LogP contribution in [-0.2, 0) is 5.60 Å². The lowest BCUT2D eigenvalue weighted by Crippen LogP contribution is -2.53. The molecule has 1 fully saturated rings. The molecule has 0 amide bonds. The Morgan fingerprint density at radius 1 is 1.33 bits per heavy atom. The molecule has 100 valence electrons. The standard InChI is InChI=1S/C14H19ClFNO/c1-8-4-11(15)5-12(16)13(8)14(18)9(2)6-17-7-10(14)3/h4-5,9-10,17-18H,6-7H2,1-3H3/t9-,10+,14-. The van der Waals surface area contributed by atoms with Crippen molar-refractivity contribution in [1.29, 1.82) is 0 Å². The number of aliphatic hydroxyl groups is 1. The fraction of sp³-hybridized carbons (Fsp3) is 0.571. The Kier molecular flexibility index (Phi) is 3.67. The molecule has 0 aliphatic carbocycles. The van der Waals surface area contributed by atoms with Gasteiger partial charge in [0.1, 0.15) is 11.4 Å². The molecule has 0 spiro atoms. The fourth-order valence-electron chi connectivity index (χ4n) is 3.02. The molecule has 2 rings (SSSR count). The minimum atomic E-state index is -1.13. The van der Waals surface area contributed by atoms with E-state index < -0.39 is 11.4 Å². The molecule has 18 heavy (non-hydrogen) atoms. The zero-order valence-electron chi connectivity index (χ0n) is 10.9. The van der Waals surface area contributed by atoms with Gasteiger partial charge in [-0.25, -0.2) is 4.39 Å². The number of hydrogen-bond donors (Lipinski definition) is 2. The maximum Gasteiger partial charge on any atom is 0.131 e.